The van der Waals surface area contributed by atoms with Crippen molar-refractivity contribution in [1.29, 1.82) is 0 Å². The number of carbonyl (C=O) groups excluding carboxylic acids is 1. The molecule has 4 nitrogen and oxygen atoms in total. The molecular formula is C19H18ClF3N2O2. The molecule has 0 saturated carbocycles. The molecule has 2 aromatic carbocycles. The molecule has 1 amide bonds. The Kier molecular flexibility index (Phi) is 5.79. The van der Waals surface area contributed by atoms with Crippen LogP contribution in [0.25, 0.3) is 0 Å². The Balaban J connectivity index is 1.51. The van der Waals surface area contributed by atoms with Crippen LogP contribution in [0.5, 0.6) is 5.75 Å². The van der Waals surface area contributed by atoms with Gasteiger partial charge in [-0.15, -0.1) is 0 Å². The van der Waals surface area contributed by atoms with E-state index in [0.717, 1.165) is 17.8 Å². The van der Waals surface area contributed by atoms with Crippen molar-refractivity contribution in [1.82, 2.24) is 4.90 Å². The van der Waals surface area contributed by atoms with E-state index in [2.05, 4.69) is 4.90 Å². The number of ether oxygens (including phenoxy) is 1. The fourth-order valence-corrected chi connectivity index (χ4v) is 3.07. The molecule has 0 radical (unpaired) electrons. The summed E-state index contributed by atoms with van der Waals surface area (Å²) in [4.78, 5) is 16.1. The lowest BCUT2D eigenvalue weighted by molar-refractivity contribution is -0.137. The van der Waals surface area contributed by atoms with E-state index in [1.807, 2.05) is 18.2 Å². The lowest BCUT2D eigenvalue weighted by Crippen LogP contribution is -2.50. The van der Waals surface area contributed by atoms with Gasteiger partial charge in [-0.25, -0.2) is 0 Å². The largest absolute Gasteiger partial charge is 0.484 e. The first kappa shape index (κ1) is 19.4. The number of hydrogen-bond donors (Lipinski definition) is 0. The van der Waals surface area contributed by atoms with Crippen LogP contribution in [0.3, 0.4) is 0 Å². The van der Waals surface area contributed by atoms with Gasteiger partial charge >= 0.3 is 6.18 Å². The minimum Gasteiger partial charge on any atom is -0.484 e. The molecule has 1 heterocycles. The summed E-state index contributed by atoms with van der Waals surface area (Å²) >= 11 is 6.00. The highest BCUT2D eigenvalue weighted by Crippen LogP contribution is 2.31. The van der Waals surface area contributed by atoms with Crippen LogP contribution in [0, 0.1) is 0 Å². The molecule has 0 bridgehead atoms. The number of rotatable bonds is 4. The molecule has 1 fully saturated rings. The number of benzene rings is 2. The quantitative estimate of drug-likeness (QED) is 0.777. The lowest BCUT2D eigenvalue weighted by Gasteiger charge is -2.36. The van der Waals surface area contributed by atoms with Crippen LogP contribution in [-0.4, -0.2) is 43.6 Å². The van der Waals surface area contributed by atoms with Gasteiger partial charge in [0.25, 0.3) is 5.91 Å². The summed E-state index contributed by atoms with van der Waals surface area (Å²) in [5.74, 6) is -0.228. The summed E-state index contributed by atoms with van der Waals surface area (Å²) in [6, 6.07) is 12.0. The second kappa shape index (κ2) is 8.08. The first-order chi connectivity index (χ1) is 12.8. The summed E-state index contributed by atoms with van der Waals surface area (Å²) in [5, 5.41) is 0.653. The smallest absolute Gasteiger partial charge is 0.416 e. The average Bonchev–Trinajstić information content (AvgIpc) is 2.66. The molecule has 8 heteroatoms. The van der Waals surface area contributed by atoms with Crippen molar-refractivity contribution in [3.05, 3.63) is 59.1 Å². The number of alkyl halides is 3. The fourth-order valence-electron chi connectivity index (χ4n) is 2.89. The summed E-state index contributed by atoms with van der Waals surface area (Å²) in [6.07, 6.45) is -4.44. The van der Waals surface area contributed by atoms with E-state index >= 15 is 0 Å². The highest BCUT2D eigenvalue weighted by molar-refractivity contribution is 6.30. The van der Waals surface area contributed by atoms with E-state index in [9.17, 15) is 18.0 Å². The second-order valence-electron chi connectivity index (χ2n) is 6.16. The van der Waals surface area contributed by atoms with Gasteiger partial charge in [0.2, 0.25) is 0 Å². The Morgan fingerprint density at radius 1 is 1.04 bits per heavy atom. The van der Waals surface area contributed by atoms with E-state index in [0.29, 0.717) is 31.2 Å². The van der Waals surface area contributed by atoms with Crippen molar-refractivity contribution in [3.63, 3.8) is 0 Å². The van der Waals surface area contributed by atoms with Crippen LogP contribution in [0.2, 0.25) is 5.02 Å². The van der Waals surface area contributed by atoms with Gasteiger partial charge in [-0.2, -0.15) is 13.2 Å². The van der Waals surface area contributed by atoms with Crippen LogP contribution in [0.15, 0.2) is 48.5 Å². The molecule has 0 spiro atoms. The van der Waals surface area contributed by atoms with Gasteiger partial charge in [-0.1, -0.05) is 23.7 Å². The van der Waals surface area contributed by atoms with E-state index in [4.69, 9.17) is 16.3 Å². The van der Waals surface area contributed by atoms with E-state index < -0.39 is 11.7 Å². The maximum absolute atomic E-state index is 12.7. The molecule has 2 aromatic rings. The van der Waals surface area contributed by atoms with Crippen molar-refractivity contribution in [2.45, 2.75) is 6.18 Å². The van der Waals surface area contributed by atoms with Crippen LogP contribution < -0.4 is 9.64 Å². The second-order valence-corrected chi connectivity index (χ2v) is 6.60. The van der Waals surface area contributed by atoms with E-state index in [1.165, 1.54) is 12.1 Å². The van der Waals surface area contributed by atoms with Gasteiger partial charge in [0.05, 0.1) is 5.56 Å². The van der Waals surface area contributed by atoms with Crippen molar-refractivity contribution in [2.24, 2.45) is 0 Å². The molecule has 0 atom stereocenters. The zero-order valence-electron chi connectivity index (χ0n) is 14.4. The van der Waals surface area contributed by atoms with Crippen molar-refractivity contribution >= 4 is 23.2 Å². The topological polar surface area (TPSA) is 32.8 Å². The maximum atomic E-state index is 12.7. The molecule has 1 saturated heterocycles. The molecule has 144 valence electrons. The van der Waals surface area contributed by atoms with Crippen molar-refractivity contribution < 1.29 is 22.7 Å². The zero-order chi connectivity index (χ0) is 19.4. The first-order valence-corrected chi connectivity index (χ1v) is 8.79. The molecule has 0 aromatic heterocycles. The lowest BCUT2D eigenvalue weighted by atomic mass is 10.2. The monoisotopic (exact) mass is 398 g/mol. The van der Waals surface area contributed by atoms with Gasteiger partial charge in [-0.3, -0.25) is 4.79 Å². The highest BCUT2D eigenvalue weighted by atomic mass is 35.5. The summed E-state index contributed by atoms with van der Waals surface area (Å²) in [6.45, 7) is 2.03. The Morgan fingerprint density at radius 2 is 1.74 bits per heavy atom. The number of amides is 1. The molecular weight excluding hydrogens is 381 g/mol. The third kappa shape index (κ3) is 5.07. The maximum Gasteiger partial charge on any atom is 0.416 e. The SMILES string of the molecule is O=C(COc1cccc(C(F)(F)F)c1)N1CCN(c2cccc(Cl)c2)CC1. The highest BCUT2D eigenvalue weighted by Gasteiger charge is 2.30. The summed E-state index contributed by atoms with van der Waals surface area (Å²) < 4.78 is 43.4. The third-order valence-electron chi connectivity index (χ3n) is 4.33. The summed E-state index contributed by atoms with van der Waals surface area (Å²) in [5.41, 5.74) is 0.192. The molecule has 1 aliphatic heterocycles. The van der Waals surface area contributed by atoms with Gasteiger partial charge in [0, 0.05) is 36.9 Å². The minimum atomic E-state index is -4.44. The molecule has 0 N–H and O–H groups in total. The fraction of sp³-hybridized carbons (Fsp3) is 0.316. The number of nitrogens with zero attached hydrogens (tertiary/aromatic N) is 2. The Morgan fingerprint density at radius 3 is 2.41 bits per heavy atom. The van der Waals surface area contributed by atoms with Crippen molar-refractivity contribution in [3.8, 4) is 5.75 Å². The van der Waals surface area contributed by atoms with Crippen molar-refractivity contribution in [2.75, 3.05) is 37.7 Å². The predicted octanol–water partition coefficient (Wildman–Crippen LogP) is 4.09. The number of piperazine rings is 1. The average molecular weight is 399 g/mol. The number of carbonyl (C=O) groups is 1. The van der Waals surface area contributed by atoms with Crippen LogP contribution in [-0.2, 0) is 11.0 Å². The third-order valence-corrected chi connectivity index (χ3v) is 4.56. The molecule has 0 aliphatic carbocycles. The van der Waals surface area contributed by atoms with E-state index in [-0.39, 0.29) is 18.3 Å². The van der Waals surface area contributed by atoms with Crippen LogP contribution in [0.1, 0.15) is 5.56 Å². The molecule has 3 rings (SSSR count). The normalized spacial score (nSPS) is 15.0. The van der Waals surface area contributed by atoms with Gasteiger partial charge in [-0.05, 0) is 36.4 Å². The first-order valence-electron chi connectivity index (χ1n) is 8.41. The predicted molar refractivity (Wildman–Crippen MR) is 97.2 cm³/mol. The molecule has 0 unspecified atom stereocenters. The Hall–Kier alpha value is -2.41. The summed E-state index contributed by atoms with van der Waals surface area (Å²) in [7, 11) is 0. The molecule has 1 aliphatic rings. The Bertz CT molecular complexity index is 806. The van der Waals surface area contributed by atoms with E-state index in [1.54, 1.807) is 11.0 Å². The van der Waals surface area contributed by atoms with Crippen LogP contribution in [0.4, 0.5) is 18.9 Å². The standard InChI is InChI=1S/C19H18ClF3N2O2/c20-15-4-2-5-16(12-15)24-7-9-25(10-8-24)18(26)13-27-17-6-1-3-14(11-17)19(21,22)23/h1-6,11-12H,7-10,13H2. The number of halogens is 4. The van der Waals surface area contributed by atoms with Gasteiger partial charge in [0.15, 0.2) is 6.61 Å². The molecule has 27 heavy (non-hydrogen) atoms. The van der Waals surface area contributed by atoms with Crippen LogP contribution >= 0.6 is 11.6 Å². The van der Waals surface area contributed by atoms with Gasteiger partial charge < -0.3 is 14.5 Å². The number of hydrogen-bond acceptors (Lipinski definition) is 3. The minimum absolute atomic E-state index is 0.0238. The number of anilines is 1. The zero-order valence-corrected chi connectivity index (χ0v) is 15.1. The Labute approximate surface area is 160 Å². The van der Waals surface area contributed by atoms with Gasteiger partial charge in [0.1, 0.15) is 5.75 Å².